The van der Waals surface area contributed by atoms with Gasteiger partial charge < -0.3 is 14.6 Å². The highest BCUT2D eigenvalue weighted by molar-refractivity contribution is 6.03. The first-order valence-corrected chi connectivity index (χ1v) is 7.50. The number of hydrogen-bond donors (Lipinski definition) is 1. The van der Waals surface area contributed by atoms with Crippen LogP contribution in [0.2, 0.25) is 0 Å². The van der Waals surface area contributed by atoms with Gasteiger partial charge in [-0.25, -0.2) is 4.98 Å². The molecule has 124 valence electrons. The van der Waals surface area contributed by atoms with E-state index >= 15 is 0 Å². The number of carbonyl (C=O) groups excluding carboxylic acids is 1. The van der Waals surface area contributed by atoms with E-state index in [-0.39, 0.29) is 5.91 Å². The minimum Gasteiger partial charge on any atom is -0.480 e. The van der Waals surface area contributed by atoms with Crippen molar-refractivity contribution in [2.24, 2.45) is 7.05 Å². The molecule has 2 heterocycles. The summed E-state index contributed by atoms with van der Waals surface area (Å²) in [7, 11) is 3.22. The summed E-state index contributed by atoms with van der Waals surface area (Å²) < 4.78 is 8.53. The van der Waals surface area contributed by atoms with Gasteiger partial charge in [0, 0.05) is 30.2 Å². The van der Waals surface area contributed by atoms with Crippen LogP contribution in [0.3, 0.4) is 0 Å². The summed E-state index contributed by atoms with van der Waals surface area (Å²) in [5, 5.41) is 6.94. The molecule has 0 bridgehead atoms. The molecule has 0 atom stereocenters. The first-order valence-electron chi connectivity index (χ1n) is 7.50. The SMILES string of the molecule is COc1cc(C(=O)Nc2ccc(-n3cnc(C)c3C)cc2)n(C)n1. The Bertz CT molecular complexity index is 877. The molecule has 2 aromatic heterocycles. The predicted octanol–water partition coefficient (Wildman–Crippen LogP) is 2.48. The maximum atomic E-state index is 12.3. The molecular formula is C17H19N5O2. The van der Waals surface area contributed by atoms with Gasteiger partial charge in [-0.2, -0.15) is 0 Å². The van der Waals surface area contributed by atoms with Crippen LogP contribution in [0.4, 0.5) is 5.69 Å². The number of nitrogens with one attached hydrogen (secondary N) is 1. The number of carbonyl (C=O) groups is 1. The highest BCUT2D eigenvalue weighted by atomic mass is 16.5. The van der Waals surface area contributed by atoms with Gasteiger partial charge in [0.05, 0.1) is 19.1 Å². The molecule has 0 saturated heterocycles. The maximum absolute atomic E-state index is 12.3. The van der Waals surface area contributed by atoms with Crippen molar-refractivity contribution in [2.75, 3.05) is 12.4 Å². The molecule has 7 nitrogen and oxygen atoms in total. The van der Waals surface area contributed by atoms with Crippen molar-refractivity contribution in [1.29, 1.82) is 0 Å². The fourth-order valence-electron chi connectivity index (χ4n) is 2.41. The van der Waals surface area contributed by atoms with Crippen LogP contribution in [0.5, 0.6) is 5.88 Å². The van der Waals surface area contributed by atoms with Crippen LogP contribution in [0.1, 0.15) is 21.9 Å². The third-order valence-electron chi connectivity index (χ3n) is 3.95. The topological polar surface area (TPSA) is 74.0 Å². The molecule has 0 radical (unpaired) electrons. The number of methoxy groups -OCH3 is 1. The van der Waals surface area contributed by atoms with Gasteiger partial charge in [-0.3, -0.25) is 9.48 Å². The number of ether oxygens (including phenoxy) is 1. The van der Waals surface area contributed by atoms with E-state index in [1.54, 1.807) is 19.4 Å². The molecule has 0 aliphatic rings. The van der Waals surface area contributed by atoms with Gasteiger partial charge in [0.15, 0.2) is 0 Å². The minimum absolute atomic E-state index is 0.240. The first kappa shape index (κ1) is 15.8. The lowest BCUT2D eigenvalue weighted by atomic mass is 10.2. The summed E-state index contributed by atoms with van der Waals surface area (Å²) in [6, 6.07) is 9.19. The molecule has 7 heteroatoms. The van der Waals surface area contributed by atoms with Crippen LogP contribution >= 0.6 is 0 Å². The van der Waals surface area contributed by atoms with E-state index < -0.39 is 0 Å². The minimum atomic E-state index is -0.240. The van der Waals surface area contributed by atoms with Crippen molar-refractivity contribution >= 4 is 11.6 Å². The van der Waals surface area contributed by atoms with Crippen LogP contribution in [0.25, 0.3) is 5.69 Å². The average Bonchev–Trinajstić information content (AvgIpc) is 3.12. The normalized spacial score (nSPS) is 10.7. The van der Waals surface area contributed by atoms with E-state index in [9.17, 15) is 4.79 Å². The van der Waals surface area contributed by atoms with Gasteiger partial charge in [-0.05, 0) is 38.1 Å². The second-order valence-electron chi connectivity index (χ2n) is 5.48. The smallest absolute Gasteiger partial charge is 0.274 e. The molecule has 1 N–H and O–H groups in total. The highest BCUT2D eigenvalue weighted by Gasteiger charge is 2.14. The summed E-state index contributed by atoms with van der Waals surface area (Å²) >= 11 is 0. The lowest BCUT2D eigenvalue weighted by Gasteiger charge is -2.08. The molecule has 24 heavy (non-hydrogen) atoms. The van der Waals surface area contributed by atoms with Crippen molar-refractivity contribution < 1.29 is 9.53 Å². The van der Waals surface area contributed by atoms with Crippen molar-refractivity contribution in [3.8, 4) is 11.6 Å². The molecule has 0 unspecified atom stereocenters. The molecule has 3 rings (SSSR count). The zero-order valence-electron chi connectivity index (χ0n) is 14.1. The van der Waals surface area contributed by atoms with Gasteiger partial charge in [0.1, 0.15) is 5.69 Å². The Labute approximate surface area is 139 Å². The molecule has 0 aliphatic carbocycles. The number of rotatable bonds is 4. The molecule has 3 aromatic rings. The van der Waals surface area contributed by atoms with Crippen LogP contribution in [0.15, 0.2) is 36.7 Å². The summed E-state index contributed by atoms with van der Waals surface area (Å²) in [5.41, 5.74) is 4.22. The van der Waals surface area contributed by atoms with E-state index in [1.807, 2.05) is 42.7 Å². The Hall–Kier alpha value is -3.09. The van der Waals surface area contributed by atoms with Crippen LogP contribution < -0.4 is 10.1 Å². The number of anilines is 1. The zero-order valence-corrected chi connectivity index (χ0v) is 14.1. The fourth-order valence-corrected chi connectivity index (χ4v) is 2.41. The van der Waals surface area contributed by atoms with Gasteiger partial charge in [-0.1, -0.05) is 0 Å². The summed E-state index contributed by atoms with van der Waals surface area (Å²) in [6.45, 7) is 4.00. The van der Waals surface area contributed by atoms with E-state index in [0.29, 0.717) is 17.3 Å². The second kappa shape index (κ2) is 6.19. The molecule has 1 amide bonds. The Morgan fingerprint density at radius 3 is 2.46 bits per heavy atom. The van der Waals surface area contributed by atoms with Crippen molar-refractivity contribution in [1.82, 2.24) is 19.3 Å². The Kier molecular flexibility index (Phi) is 4.07. The summed E-state index contributed by atoms with van der Waals surface area (Å²) in [5.74, 6) is 0.166. The standard InChI is InChI=1S/C17H19N5O2/c1-11-12(2)22(10-18-11)14-7-5-13(6-8-14)19-17(23)15-9-16(24-4)20-21(15)3/h5-10H,1-4H3,(H,19,23). The highest BCUT2D eigenvalue weighted by Crippen LogP contribution is 2.18. The van der Waals surface area contributed by atoms with Gasteiger partial charge in [0.2, 0.25) is 5.88 Å². The van der Waals surface area contributed by atoms with E-state index in [2.05, 4.69) is 15.4 Å². The summed E-state index contributed by atoms with van der Waals surface area (Å²) in [4.78, 5) is 16.6. The van der Waals surface area contributed by atoms with Crippen molar-refractivity contribution in [3.63, 3.8) is 0 Å². The molecular weight excluding hydrogens is 306 g/mol. The lowest BCUT2D eigenvalue weighted by Crippen LogP contribution is -2.16. The number of aryl methyl sites for hydroxylation is 2. The van der Waals surface area contributed by atoms with Crippen LogP contribution in [0, 0.1) is 13.8 Å². The van der Waals surface area contributed by atoms with Crippen molar-refractivity contribution in [2.45, 2.75) is 13.8 Å². The van der Waals surface area contributed by atoms with Gasteiger partial charge in [0.25, 0.3) is 5.91 Å². The first-order chi connectivity index (χ1) is 11.5. The molecule has 0 spiro atoms. The quantitative estimate of drug-likeness (QED) is 0.800. The number of nitrogens with zero attached hydrogens (tertiary/aromatic N) is 4. The van der Waals surface area contributed by atoms with E-state index in [1.165, 1.54) is 11.8 Å². The molecule has 1 aromatic carbocycles. The van der Waals surface area contributed by atoms with Gasteiger partial charge >= 0.3 is 0 Å². The lowest BCUT2D eigenvalue weighted by molar-refractivity contribution is 0.101. The molecule has 0 fully saturated rings. The fraction of sp³-hybridized carbons (Fsp3) is 0.235. The van der Waals surface area contributed by atoms with E-state index in [4.69, 9.17) is 4.74 Å². The number of hydrogen-bond acceptors (Lipinski definition) is 4. The third kappa shape index (κ3) is 2.88. The predicted molar refractivity (Wildman–Crippen MR) is 90.8 cm³/mol. The van der Waals surface area contributed by atoms with E-state index in [0.717, 1.165) is 17.1 Å². The number of imidazole rings is 1. The zero-order chi connectivity index (χ0) is 17.3. The van der Waals surface area contributed by atoms with Gasteiger partial charge in [-0.15, -0.1) is 5.10 Å². The van der Waals surface area contributed by atoms with Crippen molar-refractivity contribution in [3.05, 3.63) is 53.7 Å². The average molecular weight is 325 g/mol. The number of amides is 1. The Morgan fingerprint density at radius 2 is 1.92 bits per heavy atom. The number of aromatic nitrogens is 4. The van der Waals surface area contributed by atoms with Crippen LogP contribution in [-0.4, -0.2) is 32.3 Å². The molecule has 0 saturated carbocycles. The van der Waals surface area contributed by atoms with Crippen LogP contribution in [-0.2, 0) is 7.05 Å². The maximum Gasteiger partial charge on any atom is 0.274 e. The number of benzene rings is 1. The Balaban J connectivity index is 1.77. The third-order valence-corrected chi connectivity index (χ3v) is 3.95. The Morgan fingerprint density at radius 1 is 1.21 bits per heavy atom. The second-order valence-corrected chi connectivity index (χ2v) is 5.48. The monoisotopic (exact) mass is 325 g/mol. The largest absolute Gasteiger partial charge is 0.480 e. The summed E-state index contributed by atoms with van der Waals surface area (Å²) in [6.07, 6.45) is 1.79. The molecule has 0 aliphatic heterocycles.